The van der Waals surface area contributed by atoms with E-state index in [0.29, 0.717) is 22.0 Å². The lowest BCUT2D eigenvalue weighted by atomic mass is 10.0. The fourth-order valence-electron chi connectivity index (χ4n) is 4.52. The van der Waals surface area contributed by atoms with Crippen LogP contribution in [0.3, 0.4) is 0 Å². The minimum Gasteiger partial charge on any atom is -0.306 e. The van der Waals surface area contributed by atoms with Gasteiger partial charge in [0.1, 0.15) is 23.5 Å². The molecule has 0 spiro atoms. The summed E-state index contributed by atoms with van der Waals surface area (Å²) in [6.45, 7) is 4.16. The van der Waals surface area contributed by atoms with Gasteiger partial charge < -0.3 is 4.90 Å². The van der Waals surface area contributed by atoms with Gasteiger partial charge in [-0.15, -0.1) is 0 Å². The van der Waals surface area contributed by atoms with Gasteiger partial charge in [0.2, 0.25) is 0 Å². The summed E-state index contributed by atoms with van der Waals surface area (Å²) < 4.78 is 18.0. The van der Waals surface area contributed by atoms with Gasteiger partial charge in [-0.05, 0) is 58.1 Å². The lowest BCUT2D eigenvalue weighted by molar-refractivity contribution is 0.210. The highest BCUT2D eigenvalue weighted by molar-refractivity contribution is 7.99. The molecule has 0 N–H and O–H groups in total. The monoisotopic (exact) mass is 471 g/mol. The highest BCUT2D eigenvalue weighted by atomic mass is 32.2. The molecule has 1 aromatic carbocycles. The zero-order chi connectivity index (χ0) is 23.8. The van der Waals surface area contributed by atoms with Crippen LogP contribution < -0.4 is 0 Å². The Bertz CT molecular complexity index is 1470. The van der Waals surface area contributed by atoms with Crippen LogP contribution >= 0.6 is 11.8 Å². The normalized spacial score (nSPS) is 14.9. The SMILES string of the molecule is Cc1c(-c2cc(Sc3cccc(F)c3C#N)c3c(C#N)cnn3c2)cnn1C1CCN(C)CC1. The molecule has 0 unspecified atom stereocenters. The standard InChI is InChI=1S/C25H22FN7S/c1-16-21(14-30-33(16)19-6-8-31(2)9-7-19)17-10-24(25-18(11-27)13-29-32(25)15-17)34-23-5-3-4-22(26)20(23)12-28/h3-5,10,13-15,19H,6-9H2,1-2H3. The van der Waals surface area contributed by atoms with Crippen molar-refractivity contribution in [2.75, 3.05) is 20.1 Å². The molecule has 0 amide bonds. The van der Waals surface area contributed by atoms with Gasteiger partial charge in [-0.3, -0.25) is 4.68 Å². The average Bonchev–Trinajstić information content (AvgIpc) is 3.43. The summed E-state index contributed by atoms with van der Waals surface area (Å²) in [5.41, 5.74) is 3.99. The Labute approximate surface area is 201 Å². The molecular formula is C25H22FN7S. The predicted molar refractivity (Wildman–Crippen MR) is 127 cm³/mol. The molecule has 5 rings (SSSR count). The van der Waals surface area contributed by atoms with Gasteiger partial charge in [0.25, 0.3) is 0 Å². The van der Waals surface area contributed by atoms with E-state index in [1.807, 2.05) is 24.5 Å². The highest BCUT2D eigenvalue weighted by Crippen LogP contribution is 2.38. The van der Waals surface area contributed by atoms with Crippen LogP contribution in [0.4, 0.5) is 4.39 Å². The van der Waals surface area contributed by atoms with E-state index in [4.69, 9.17) is 5.10 Å². The summed E-state index contributed by atoms with van der Waals surface area (Å²) in [4.78, 5) is 3.55. The lowest BCUT2D eigenvalue weighted by Gasteiger charge is -2.29. The first kappa shape index (κ1) is 22.1. The largest absolute Gasteiger partial charge is 0.306 e. The Kier molecular flexibility index (Phi) is 5.82. The van der Waals surface area contributed by atoms with Gasteiger partial charge in [0.15, 0.2) is 0 Å². The number of benzene rings is 1. The Balaban J connectivity index is 1.60. The van der Waals surface area contributed by atoms with Crippen molar-refractivity contribution in [1.82, 2.24) is 24.3 Å². The number of likely N-dealkylation sites (tertiary alicyclic amines) is 1. The summed E-state index contributed by atoms with van der Waals surface area (Å²) >= 11 is 1.26. The zero-order valence-electron chi connectivity index (χ0n) is 18.9. The summed E-state index contributed by atoms with van der Waals surface area (Å²) in [6, 6.07) is 11.0. The Morgan fingerprint density at radius 1 is 1.09 bits per heavy atom. The molecule has 4 heterocycles. The first-order valence-electron chi connectivity index (χ1n) is 11.0. The molecule has 1 fully saturated rings. The number of piperidine rings is 1. The summed E-state index contributed by atoms with van der Waals surface area (Å²) in [5.74, 6) is -0.566. The van der Waals surface area contributed by atoms with Crippen LogP contribution in [0.15, 0.2) is 52.6 Å². The maximum absolute atomic E-state index is 14.2. The number of hydrogen-bond donors (Lipinski definition) is 0. The third-order valence-electron chi connectivity index (χ3n) is 6.39. The molecule has 3 aromatic heterocycles. The fraction of sp³-hybridized carbons (Fsp3) is 0.280. The van der Waals surface area contributed by atoms with E-state index in [-0.39, 0.29) is 5.56 Å². The van der Waals surface area contributed by atoms with E-state index in [1.54, 1.807) is 16.6 Å². The Hall–Kier alpha value is -3.66. The Morgan fingerprint density at radius 2 is 1.88 bits per heavy atom. The third-order valence-corrected chi connectivity index (χ3v) is 7.49. The van der Waals surface area contributed by atoms with Crippen LogP contribution in [0.5, 0.6) is 0 Å². The smallest absolute Gasteiger partial charge is 0.142 e. The van der Waals surface area contributed by atoms with Crippen molar-refractivity contribution in [2.24, 2.45) is 0 Å². The maximum Gasteiger partial charge on any atom is 0.142 e. The molecule has 4 aromatic rings. The second kappa shape index (κ2) is 8.94. The van der Waals surface area contributed by atoms with E-state index in [1.165, 1.54) is 24.0 Å². The quantitative estimate of drug-likeness (QED) is 0.425. The van der Waals surface area contributed by atoms with Crippen molar-refractivity contribution in [3.05, 3.63) is 65.5 Å². The van der Waals surface area contributed by atoms with Gasteiger partial charge >= 0.3 is 0 Å². The van der Waals surface area contributed by atoms with Gasteiger partial charge in [-0.2, -0.15) is 20.7 Å². The predicted octanol–water partition coefficient (Wildman–Crippen LogP) is 4.81. The number of aromatic nitrogens is 4. The van der Waals surface area contributed by atoms with E-state index in [9.17, 15) is 14.9 Å². The number of nitriles is 2. The van der Waals surface area contributed by atoms with Crippen LogP contribution in [0, 0.1) is 35.4 Å². The van der Waals surface area contributed by atoms with Crippen molar-refractivity contribution in [3.63, 3.8) is 0 Å². The molecule has 7 nitrogen and oxygen atoms in total. The number of fused-ring (bicyclic) bond motifs is 1. The van der Waals surface area contributed by atoms with Crippen LogP contribution in [0.2, 0.25) is 0 Å². The molecule has 0 radical (unpaired) electrons. The second-order valence-electron chi connectivity index (χ2n) is 8.51. The molecule has 170 valence electrons. The topological polar surface area (TPSA) is 85.9 Å². The van der Waals surface area contributed by atoms with Gasteiger partial charge in [-0.25, -0.2) is 8.91 Å². The number of rotatable bonds is 4. The average molecular weight is 472 g/mol. The zero-order valence-corrected chi connectivity index (χ0v) is 19.7. The summed E-state index contributed by atoms with van der Waals surface area (Å²) in [6.07, 6.45) is 7.40. The molecule has 1 aliphatic rings. The number of pyridine rings is 1. The number of hydrogen-bond acceptors (Lipinski definition) is 6. The van der Waals surface area contributed by atoms with Crippen LogP contribution in [0.1, 0.15) is 35.7 Å². The minimum absolute atomic E-state index is 0.0136. The van der Waals surface area contributed by atoms with Crippen molar-refractivity contribution in [1.29, 1.82) is 10.5 Å². The lowest BCUT2D eigenvalue weighted by Crippen LogP contribution is -2.32. The maximum atomic E-state index is 14.2. The Morgan fingerprint density at radius 3 is 2.62 bits per heavy atom. The van der Waals surface area contributed by atoms with Crippen molar-refractivity contribution < 1.29 is 4.39 Å². The molecule has 0 bridgehead atoms. The first-order valence-corrected chi connectivity index (χ1v) is 11.8. The number of halogens is 1. The molecule has 9 heteroatoms. The van der Waals surface area contributed by atoms with Gasteiger partial charge in [0.05, 0.1) is 29.5 Å². The molecule has 0 aliphatic carbocycles. The van der Waals surface area contributed by atoms with Crippen LogP contribution in [0.25, 0.3) is 16.6 Å². The van der Waals surface area contributed by atoms with Crippen LogP contribution in [-0.4, -0.2) is 44.4 Å². The first-order chi connectivity index (χ1) is 16.5. The van der Waals surface area contributed by atoms with Crippen molar-refractivity contribution in [3.8, 4) is 23.3 Å². The molecule has 34 heavy (non-hydrogen) atoms. The summed E-state index contributed by atoms with van der Waals surface area (Å²) in [5, 5.41) is 28.2. The van der Waals surface area contributed by atoms with Crippen molar-refractivity contribution >= 4 is 17.3 Å². The van der Waals surface area contributed by atoms with Crippen LogP contribution in [-0.2, 0) is 0 Å². The van der Waals surface area contributed by atoms with E-state index in [0.717, 1.165) is 47.6 Å². The molecule has 0 saturated carbocycles. The highest BCUT2D eigenvalue weighted by Gasteiger charge is 2.23. The van der Waals surface area contributed by atoms with Gasteiger partial charge in [0, 0.05) is 32.8 Å². The third kappa shape index (κ3) is 3.83. The van der Waals surface area contributed by atoms with E-state index < -0.39 is 5.82 Å². The molecule has 0 atom stereocenters. The number of nitrogens with zero attached hydrogens (tertiary/aromatic N) is 7. The van der Waals surface area contributed by atoms with Crippen molar-refractivity contribution in [2.45, 2.75) is 35.6 Å². The van der Waals surface area contributed by atoms with E-state index >= 15 is 0 Å². The molecular weight excluding hydrogens is 449 g/mol. The second-order valence-corrected chi connectivity index (χ2v) is 9.59. The minimum atomic E-state index is -0.566. The van der Waals surface area contributed by atoms with E-state index in [2.05, 4.69) is 34.7 Å². The molecule has 1 saturated heterocycles. The summed E-state index contributed by atoms with van der Waals surface area (Å²) in [7, 11) is 2.14. The fourth-order valence-corrected chi connectivity index (χ4v) is 5.64. The van der Waals surface area contributed by atoms with Gasteiger partial charge in [-0.1, -0.05) is 17.8 Å². The molecule has 1 aliphatic heterocycles.